The number of rotatable bonds is 7. The van der Waals surface area contributed by atoms with Crippen LogP contribution in [-0.2, 0) is 14.3 Å². The molecule has 26 heavy (non-hydrogen) atoms. The lowest BCUT2D eigenvalue weighted by Gasteiger charge is -2.13. The third-order valence-corrected chi connectivity index (χ3v) is 3.73. The van der Waals surface area contributed by atoms with E-state index in [1.807, 2.05) is 36.4 Å². The zero-order valence-corrected chi connectivity index (χ0v) is 15.2. The van der Waals surface area contributed by atoms with E-state index in [0.717, 1.165) is 22.6 Å². The topological polar surface area (TPSA) is 64.6 Å². The molecular formula is C21H23NO4. The number of carbonyl (C=O) groups excluding carboxylic acids is 2. The smallest absolute Gasteiger partial charge is 0.331 e. The highest BCUT2D eigenvalue weighted by Gasteiger charge is 2.10. The molecule has 0 atom stereocenters. The molecule has 5 nitrogen and oxygen atoms in total. The summed E-state index contributed by atoms with van der Waals surface area (Å²) in [6, 6.07) is 14.8. The van der Waals surface area contributed by atoms with Gasteiger partial charge in [-0.3, -0.25) is 4.79 Å². The van der Waals surface area contributed by atoms with E-state index in [-0.39, 0.29) is 18.4 Å². The van der Waals surface area contributed by atoms with E-state index < -0.39 is 5.97 Å². The lowest BCUT2D eigenvalue weighted by Crippen LogP contribution is -2.21. The van der Waals surface area contributed by atoms with Gasteiger partial charge in [-0.2, -0.15) is 0 Å². The Morgan fingerprint density at radius 1 is 1.08 bits per heavy atom. The summed E-state index contributed by atoms with van der Waals surface area (Å²) >= 11 is 0. The number of hydrogen-bond donors (Lipinski definition) is 1. The van der Waals surface area contributed by atoms with Gasteiger partial charge in [-0.15, -0.1) is 0 Å². The summed E-state index contributed by atoms with van der Waals surface area (Å²) in [6.45, 7) is 3.77. The number of hydrogen-bond acceptors (Lipinski definition) is 4. The van der Waals surface area contributed by atoms with Crippen LogP contribution in [0.15, 0.2) is 54.6 Å². The zero-order chi connectivity index (χ0) is 18.9. The maximum absolute atomic E-state index is 12.0. The average Bonchev–Trinajstić information content (AvgIpc) is 2.65. The molecule has 0 bridgehead atoms. The standard InChI is InChI=1S/C21H23NO4/c1-15(2)18-6-4-5-7-19(18)22-20(23)14-26-21(24)13-10-16-8-11-17(25-3)12-9-16/h4-13,15H,14H2,1-3H3,(H,22,23)/b13-10+. The average molecular weight is 353 g/mol. The van der Waals surface area contributed by atoms with Crippen LogP contribution >= 0.6 is 0 Å². The molecule has 0 aliphatic carbocycles. The number of carbonyl (C=O) groups is 2. The van der Waals surface area contributed by atoms with Crippen molar-refractivity contribution in [2.75, 3.05) is 19.0 Å². The van der Waals surface area contributed by atoms with E-state index in [1.54, 1.807) is 25.3 Å². The van der Waals surface area contributed by atoms with Gasteiger partial charge in [0.1, 0.15) is 5.75 Å². The molecule has 0 aromatic heterocycles. The Labute approximate surface area is 153 Å². The Morgan fingerprint density at radius 2 is 1.77 bits per heavy atom. The highest BCUT2D eigenvalue weighted by Crippen LogP contribution is 2.23. The number of anilines is 1. The van der Waals surface area contributed by atoms with Gasteiger partial charge in [0, 0.05) is 11.8 Å². The molecule has 0 unspecified atom stereocenters. The second kappa shape index (κ2) is 9.42. The van der Waals surface area contributed by atoms with Crippen molar-refractivity contribution >= 4 is 23.6 Å². The second-order valence-corrected chi connectivity index (χ2v) is 6.00. The number of nitrogens with one attached hydrogen (secondary N) is 1. The van der Waals surface area contributed by atoms with Gasteiger partial charge < -0.3 is 14.8 Å². The quantitative estimate of drug-likeness (QED) is 0.603. The van der Waals surface area contributed by atoms with Gasteiger partial charge in [-0.05, 0) is 41.3 Å². The first-order valence-corrected chi connectivity index (χ1v) is 8.37. The van der Waals surface area contributed by atoms with Crippen LogP contribution in [0, 0.1) is 0 Å². The zero-order valence-electron chi connectivity index (χ0n) is 15.2. The SMILES string of the molecule is COc1ccc(/C=C/C(=O)OCC(=O)Nc2ccccc2C(C)C)cc1. The fourth-order valence-corrected chi connectivity index (χ4v) is 2.36. The van der Waals surface area contributed by atoms with Crippen LogP contribution in [0.4, 0.5) is 5.69 Å². The van der Waals surface area contributed by atoms with Gasteiger partial charge in [0.25, 0.3) is 5.91 Å². The molecule has 0 aliphatic heterocycles. The fraction of sp³-hybridized carbons (Fsp3) is 0.238. The predicted octanol–water partition coefficient (Wildman–Crippen LogP) is 4.01. The van der Waals surface area contributed by atoms with Crippen molar-refractivity contribution in [2.45, 2.75) is 19.8 Å². The molecule has 0 heterocycles. The molecule has 1 N–H and O–H groups in total. The summed E-state index contributed by atoms with van der Waals surface area (Å²) in [5.41, 5.74) is 2.60. The van der Waals surface area contributed by atoms with Crippen LogP contribution in [0.25, 0.3) is 6.08 Å². The van der Waals surface area contributed by atoms with Crippen molar-refractivity contribution < 1.29 is 19.1 Å². The number of ether oxygens (including phenoxy) is 2. The minimum absolute atomic E-state index is 0.279. The van der Waals surface area contributed by atoms with Gasteiger partial charge in [-0.1, -0.05) is 44.2 Å². The number of para-hydroxylation sites is 1. The molecule has 0 fully saturated rings. The second-order valence-electron chi connectivity index (χ2n) is 6.00. The molecule has 0 aliphatic rings. The molecule has 0 spiro atoms. The van der Waals surface area contributed by atoms with Crippen molar-refractivity contribution in [1.82, 2.24) is 0 Å². The summed E-state index contributed by atoms with van der Waals surface area (Å²) in [5, 5.41) is 2.78. The molecule has 0 radical (unpaired) electrons. The van der Waals surface area contributed by atoms with Gasteiger partial charge in [0.15, 0.2) is 6.61 Å². The monoisotopic (exact) mass is 353 g/mol. The Morgan fingerprint density at radius 3 is 2.42 bits per heavy atom. The van der Waals surface area contributed by atoms with Crippen molar-refractivity contribution in [3.05, 3.63) is 65.7 Å². The highest BCUT2D eigenvalue weighted by atomic mass is 16.5. The van der Waals surface area contributed by atoms with Gasteiger partial charge >= 0.3 is 5.97 Å². The van der Waals surface area contributed by atoms with Crippen LogP contribution in [0.5, 0.6) is 5.75 Å². The Hall–Kier alpha value is -3.08. The number of amides is 1. The first-order chi connectivity index (χ1) is 12.5. The minimum Gasteiger partial charge on any atom is -0.497 e. The predicted molar refractivity (Wildman–Crippen MR) is 102 cm³/mol. The minimum atomic E-state index is -0.576. The Kier molecular flexibility index (Phi) is 6.97. The van der Waals surface area contributed by atoms with Crippen LogP contribution < -0.4 is 10.1 Å². The molecule has 136 valence electrons. The van der Waals surface area contributed by atoms with Crippen LogP contribution in [0.1, 0.15) is 30.9 Å². The molecule has 0 saturated carbocycles. The summed E-state index contributed by atoms with van der Waals surface area (Å²) in [4.78, 5) is 23.8. The van der Waals surface area contributed by atoms with E-state index in [2.05, 4.69) is 19.2 Å². The van der Waals surface area contributed by atoms with Crippen molar-refractivity contribution in [1.29, 1.82) is 0 Å². The third kappa shape index (κ3) is 5.77. The van der Waals surface area contributed by atoms with Crippen molar-refractivity contribution in [3.8, 4) is 5.75 Å². The fourth-order valence-electron chi connectivity index (χ4n) is 2.36. The summed E-state index contributed by atoms with van der Waals surface area (Å²) in [5.74, 6) is 0.0713. The largest absolute Gasteiger partial charge is 0.497 e. The Balaban J connectivity index is 1.85. The maximum atomic E-state index is 12.0. The van der Waals surface area contributed by atoms with Crippen LogP contribution in [0.3, 0.4) is 0 Å². The van der Waals surface area contributed by atoms with Gasteiger partial charge in [0.05, 0.1) is 7.11 Å². The van der Waals surface area contributed by atoms with E-state index >= 15 is 0 Å². The van der Waals surface area contributed by atoms with Crippen LogP contribution in [-0.4, -0.2) is 25.6 Å². The first-order valence-electron chi connectivity index (χ1n) is 8.37. The molecule has 1 amide bonds. The summed E-state index contributed by atoms with van der Waals surface area (Å²) < 4.78 is 10.1. The molecule has 0 saturated heterocycles. The molecule has 2 aromatic carbocycles. The maximum Gasteiger partial charge on any atom is 0.331 e. The van der Waals surface area contributed by atoms with E-state index in [4.69, 9.17) is 9.47 Å². The highest BCUT2D eigenvalue weighted by molar-refractivity contribution is 5.95. The lowest BCUT2D eigenvalue weighted by molar-refractivity contribution is -0.142. The number of methoxy groups -OCH3 is 1. The lowest BCUT2D eigenvalue weighted by atomic mass is 10.0. The van der Waals surface area contributed by atoms with Crippen molar-refractivity contribution in [2.24, 2.45) is 0 Å². The summed E-state index contributed by atoms with van der Waals surface area (Å²) in [7, 11) is 1.59. The molecular weight excluding hydrogens is 330 g/mol. The number of benzene rings is 2. The van der Waals surface area contributed by atoms with E-state index in [9.17, 15) is 9.59 Å². The Bertz CT molecular complexity index is 779. The normalized spacial score (nSPS) is 10.8. The molecule has 2 rings (SSSR count). The van der Waals surface area contributed by atoms with Crippen LogP contribution in [0.2, 0.25) is 0 Å². The summed E-state index contributed by atoms with van der Waals surface area (Å²) in [6.07, 6.45) is 2.91. The van der Waals surface area contributed by atoms with Gasteiger partial charge in [0.2, 0.25) is 0 Å². The van der Waals surface area contributed by atoms with Gasteiger partial charge in [-0.25, -0.2) is 4.79 Å². The number of esters is 1. The molecule has 5 heteroatoms. The van der Waals surface area contributed by atoms with Crippen molar-refractivity contribution in [3.63, 3.8) is 0 Å². The van der Waals surface area contributed by atoms with E-state index in [0.29, 0.717) is 0 Å². The first kappa shape index (κ1) is 19.2. The third-order valence-electron chi connectivity index (χ3n) is 3.73. The molecule has 2 aromatic rings. The van der Waals surface area contributed by atoms with E-state index in [1.165, 1.54) is 6.08 Å².